The molecule has 0 saturated carbocycles. The van der Waals surface area contributed by atoms with Gasteiger partial charge in [-0.25, -0.2) is 13.4 Å². The minimum absolute atomic E-state index is 0.0128. The zero-order valence-electron chi connectivity index (χ0n) is 16.8. The van der Waals surface area contributed by atoms with Crippen LogP contribution in [0.15, 0.2) is 48.5 Å². The number of imidazole rings is 1. The van der Waals surface area contributed by atoms with Gasteiger partial charge in [-0.3, -0.25) is 10.1 Å². The Morgan fingerprint density at radius 2 is 2.06 bits per heavy atom. The van der Waals surface area contributed by atoms with E-state index in [0.29, 0.717) is 18.6 Å². The maximum atomic E-state index is 11.8. The van der Waals surface area contributed by atoms with Crippen molar-refractivity contribution < 1.29 is 23.2 Å². The molecule has 0 bridgehead atoms. The molecule has 4 rings (SSSR count). The molecule has 1 saturated heterocycles. The molecule has 0 amide bonds. The van der Waals surface area contributed by atoms with Crippen molar-refractivity contribution in [1.29, 1.82) is 0 Å². The maximum Gasteiger partial charge on any atom is 0.273 e. The zero-order valence-corrected chi connectivity index (χ0v) is 17.6. The van der Waals surface area contributed by atoms with Crippen LogP contribution in [-0.4, -0.2) is 52.2 Å². The number of hydrogen-bond acceptors (Lipinski definition) is 7. The highest BCUT2D eigenvalue weighted by Gasteiger charge is 2.29. The van der Waals surface area contributed by atoms with Crippen LogP contribution < -0.4 is 4.74 Å². The maximum absolute atomic E-state index is 11.8. The number of aliphatic hydroxyl groups is 1. The molecule has 2 atom stereocenters. The Kier molecular flexibility index (Phi) is 5.92. The number of para-hydroxylation sites is 2. The van der Waals surface area contributed by atoms with Crippen LogP contribution in [0.3, 0.4) is 0 Å². The number of aromatic nitrogens is 2. The van der Waals surface area contributed by atoms with Crippen LogP contribution in [0.25, 0.3) is 11.0 Å². The van der Waals surface area contributed by atoms with E-state index >= 15 is 0 Å². The van der Waals surface area contributed by atoms with E-state index in [4.69, 9.17) is 4.74 Å². The molecule has 1 aliphatic rings. The number of non-ortho nitro benzene ring substituents is 1. The molecule has 164 valence electrons. The van der Waals surface area contributed by atoms with Gasteiger partial charge in [0.1, 0.15) is 24.3 Å². The number of ether oxygens (including phenoxy) is 1. The van der Waals surface area contributed by atoms with Gasteiger partial charge in [0.2, 0.25) is 0 Å². The van der Waals surface area contributed by atoms with E-state index in [-0.39, 0.29) is 36.3 Å². The molecule has 1 fully saturated rings. The summed E-state index contributed by atoms with van der Waals surface area (Å²) in [7, 11) is -2.98. The van der Waals surface area contributed by atoms with Crippen molar-refractivity contribution in [1.82, 2.24) is 9.55 Å². The van der Waals surface area contributed by atoms with Gasteiger partial charge < -0.3 is 14.4 Å². The van der Waals surface area contributed by atoms with Gasteiger partial charge in [0.05, 0.1) is 40.1 Å². The average Bonchev–Trinajstić information content (AvgIpc) is 3.26. The lowest BCUT2D eigenvalue weighted by atomic mass is 10.1. The SMILES string of the molecule is O=[N+]([O-])c1cccc(OC[C@H](O)Cn2c(C[C@@H]3CCS(=O)(=O)C3)nc3ccccc32)c1. The lowest BCUT2D eigenvalue weighted by molar-refractivity contribution is -0.384. The fourth-order valence-corrected chi connectivity index (χ4v) is 5.78. The van der Waals surface area contributed by atoms with E-state index in [9.17, 15) is 23.6 Å². The molecule has 1 aromatic heterocycles. The predicted molar refractivity (Wildman–Crippen MR) is 115 cm³/mol. The Hall–Kier alpha value is -2.98. The number of hydrogen-bond donors (Lipinski definition) is 1. The molecule has 9 nitrogen and oxygen atoms in total. The van der Waals surface area contributed by atoms with Crippen molar-refractivity contribution in [2.75, 3.05) is 18.1 Å². The summed E-state index contributed by atoms with van der Waals surface area (Å²) < 4.78 is 31.1. The Labute approximate surface area is 179 Å². The standard InChI is InChI=1S/C21H23N3O6S/c25-17(13-30-18-5-3-4-16(11-18)24(26)27)12-23-20-7-2-1-6-19(20)22-21(23)10-15-8-9-31(28,29)14-15/h1-7,11,15,17,25H,8-10,12-14H2/t15-,17+/m0/s1. The van der Waals surface area contributed by atoms with Gasteiger partial charge in [0, 0.05) is 12.5 Å². The van der Waals surface area contributed by atoms with Crippen LogP contribution in [-0.2, 0) is 22.8 Å². The molecule has 31 heavy (non-hydrogen) atoms. The van der Waals surface area contributed by atoms with Crippen molar-refractivity contribution >= 4 is 26.6 Å². The third-order valence-electron chi connectivity index (χ3n) is 5.40. The Bertz CT molecular complexity index is 1210. The minimum atomic E-state index is -2.98. The van der Waals surface area contributed by atoms with Crippen molar-refractivity contribution in [2.45, 2.75) is 25.5 Å². The fraction of sp³-hybridized carbons (Fsp3) is 0.381. The summed E-state index contributed by atoms with van der Waals surface area (Å²) in [6, 6.07) is 13.4. The van der Waals surface area contributed by atoms with Gasteiger partial charge >= 0.3 is 0 Å². The van der Waals surface area contributed by atoms with Crippen LogP contribution in [0.4, 0.5) is 5.69 Å². The average molecular weight is 445 g/mol. The van der Waals surface area contributed by atoms with Gasteiger partial charge in [0.15, 0.2) is 9.84 Å². The molecule has 0 spiro atoms. The number of fused-ring (bicyclic) bond motifs is 1. The third-order valence-corrected chi connectivity index (χ3v) is 7.23. The Morgan fingerprint density at radius 3 is 2.81 bits per heavy atom. The summed E-state index contributed by atoms with van der Waals surface area (Å²) in [5.41, 5.74) is 1.55. The van der Waals surface area contributed by atoms with E-state index in [1.165, 1.54) is 18.2 Å². The highest BCUT2D eigenvalue weighted by molar-refractivity contribution is 7.91. The third kappa shape index (κ3) is 5.02. The molecular weight excluding hydrogens is 422 g/mol. The van der Waals surface area contributed by atoms with Crippen molar-refractivity contribution in [2.24, 2.45) is 5.92 Å². The number of benzene rings is 2. The molecular formula is C21H23N3O6S. The molecule has 2 aromatic carbocycles. The van der Waals surface area contributed by atoms with Crippen LogP contribution in [0, 0.1) is 16.0 Å². The van der Waals surface area contributed by atoms with Crippen LogP contribution in [0.1, 0.15) is 12.2 Å². The summed E-state index contributed by atoms with van der Waals surface area (Å²) in [6.45, 7) is 0.162. The highest BCUT2D eigenvalue weighted by atomic mass is 32.2. The number of nitrogens with zero attached hydrogens (tertiary/aromatic N) is 3. The van der Waals surface area contributed by atoms with E-state index in [0.717, 1.165) is 16.9 Å². The quantitative estimate of drug-likeness (QED) is 0.417. The van der Waals surface area contributed by atoms with Gasteiger partial charge in [-0.2, -0.15) is 0 Å². The van der Waals surface area contributed by atoms with Gasteiger partial charge in [-0.1, -0.05) is 18.2 Å². The molecule has 0 aliphatic carbocycles. The highest BCUT2D eigenvalue weighted by Crippen LogP contribution is 2.25. The zero-order chi connectivity index (χ0) is 22.0. The summed E-state index contributed by atoms with van der Waals surface area (Å²) in [4.78, 5) is 15.1. The summed E-state index contributed by atoms with van der Waals surface area (Å²) in [5, 5.41) is 21.5. The summed E-state index contributed by atoms with van der Waals surface area (Å²) >= 11 is 0. The largest absolute Gasteiger partial charge is 0.491 e. The van der Waals surface area contributed by atoms with E-state index in [1.807, 2.05) is 28.8 Å². The Balaban J connectivity index is 1.49. The van der Waals surface area contributed by atoms with Crippen molar-refractivity contribution in [3.63, 3.8) is 0 Å². The molecule has 10 heteroatoms. The monoisotopic (exact) mass is 445 g/mol. The van der Waals surface area contributed by atoms with E-state index in [2.05, 4.69) is 4.98 Å². The van der Waals surface area contributed by atoms with E-state index < -0.39 is 20.9 Å². The number of sulfone groups is 1. The first kappa shape index (κ1) is 21.3. The van der Waals surface area contributed by atoms with Gasteiger partial charge in [-0.05, 0) is 30.5 Å². The first-order valence-electron chi connectivity index (χ1n) is 10.0. The van der Waals surface area contributed by atoms with Crippen molar-refractivity contribution in [3.8, 4) is 5.75 Å². The molecule has 1 N–H and O–H groups in total. The lowest BCUT2D eigenvalue weighted by Gasteiger charge is -2.16. The fourth-order valence-electron chi connectivity index (χ4n) is 3.92. The number of rotatable bonds is 8. The molecule has 3 aromatic rings. The molecule has 2 heterocycles. The normalized spacial score (nSPS) is 18.8. The molecule has 0 radical (unpaired) electrons. The topological polar surface area (TPSA) is 125 Å². The van der Waals surface area contributed by atoms with Crippen LogP contribution in [0.5, 0.6) is 5.75 Å². The van der Waals surface area contributed by atoms with Crippen LogP contribution >= 0.6 is 0 Å². The number of nitro groups is 1. The number of aliphatic hydroxyl groups excluding tert-OH is 1. The predicted octanol–water partition coefficient (Wildman–Crippen LogP) is 2.36. The Morgan fingerprint density at radius 1 is 1.26 bits per heavy atom. The second-order valence-corrected chi connectivity index (χ2v) is 10.0. The minimum Gasteiger partial charge on any atom is -0.491 e. The first-order valence-corrected chi connectivity index (χ1v) is 11.8. The second kappa shape index (κ2) is 8.64. The van der Waals surface area contributed by atoms with Gasteiger partial charge in [0.25, 0.3) is 5.69 Å². The second-order valence-electron chi connectivity index (χ2n) is 7.82. The van der Waals surface area contributed by atoms with Crippen LogP contribution in [0.2, 0.25) is 0 Å². The summed E-state index contributed by atoms with van der Waals surface area (Å²) in [6.07, 6.45) is 0.249. The molecule has 0 unspecified atom stereocenters. The van der Waals surface area contributed by atoms with E-state index in [1.54, 1.807) is 6.07 Å². The first-order chi connectivity index (χ1) is 14.8. The summed E-state index contributed by atoms with van der Waals surface area (Å²) in [5.74, 6) is 1.42. The number of nitro benzene ring substituents is 1. The lowest BCUT2D eigenvalue weighted by Crippen LogP contribution is -2.25. The molecule has 1 aliphatic heterocycles. The smallest absolute Gasteiger partial charge is 0.273 e. The van der Waals surface area contributed by atoms with Gasteiger partial charge in [-0.15, -0.1) is 0 Å². The van der Waals surface area contributed by atoms with Crippen molar-refractivity contribution in [3.05, 3.63) is 64.5 Å².